The first kappa shape index (κ1) is 10.9. The second kappa shape index (κ2) is 5.54. The summed E-state index contributed by atoms with van der Waals surface area (Å²) >= 11 is 0. The molecule has 0 bridgehead atoms. The van der Waals surface area contributed by atoms with E-state index in [0.29, 0.717) is 0 Å². The maximum absolute atomic E-state index is 5.87. The number of hydrogen-bond acceptors (Lipinski definition) is 4. The summed E-state index contributed by atoms with van der Waals surface area (Å²) in [5.74, 6) is 0.832. The fourth-order valence-electron chi connectivity index (χ4n) is 1.28. The number of anilines is 1. The fourth-order valence-corrected chi connectivity index (χ4v) is 1.28. The van der Waals surface area contributed by atoms with Crippen LogP contribution in [0.5, 0.6) is 0 Å². The molecule has 0 aromatic carbocycles. The molecule has 1 unspecified atom stereocenters. The Hall–Kier alpha value is -1.16. The van der Waals surface area contributed by atoms with E-state index in [-0.39, 0.29) is 6.04 Å². The smallest absolute Gasteiger partial charge is 0.147 e. The van der Waals surface area contributed by atoms with Crippen LogP contribution < -0.4 is 11.1 Å². The van der Waals surface area contributed by atoms with Crippen molar-refractivity contribution in [1.29, 1.82) is 0 Å². The van der Waals surface area contributed by atoms with Crippen LogP contribution in [0.1, 0.15) is 25.5 Å². The summed E-state index contributed by atoms with van der Waals surface area (Å²) < 4.78 is 0. The van der Waals surface area contributed by atoms with Crippen molar-refractivity contribution in [1.82, 2.24) is 9.97 Å². The van der Waals surface area contributed by atoms with Crippen LogP contribution >= 0.6 is 0 Å². The summed E-state index contributed by atoms with van der Waals surface area (Å²) in [6.45, 7) is 4.82. The van der Waals surface area contributed by atoms with E-state index < -0.39 is 0 Å². The Morgan fingerprint density at radius 3 is 2.79 bits per heavy atom. The number of hydrogen-bond donors (Lipinski definition) is 2. The lowest BCUT2D eigenvalue weighted by molar-refractivity contribution is 0.625. The maximum Gasteiger partial charge on any atom is 0.147 e. The van der Waals surface area contributed by atoms with Gasteiger partial charge in [-0.05, 0) is 13.3 Å². The van der Waals surface area contributed by atoms with Gasteiger partial charge in [-0.1, -0.05) is 13.3 Å². The third-order valence-electron chi connectivity index (χ3n) is 2.07. The summed E-state index contributed by atoms with van der Waals surface area (Å²) in [6, 6.07) is 0.196. The molecule has 78 valence electrons. The molecule has 1 aromatic heterocycles. The van der Waals surface area contributed by atoms with Crippen LogP contribution in [-0.4, -0.2) is 22.6 Å². The molecule has 14 heavy (non-hydrogen) atoms. The van der Waals surface area contributed by atoms with Crippen LogP contribution in [0.2, 0.25) is 0 Å². The fraction of sp³-hybridized carbons (Fsp3) is 0.600. The lowest BCUT2D eigenvalue weighted by atomic mass is 10.2. The Morgan fingerprint density at radius 1 is 1.43 bits per heavy atom. The van der Waals surface area contributed by atoms with E-state index in [4.69, 9.17) is 5.73 Å². The summed E-state index contributed by atoms with van der Waals surface area (Å²) in [7, 11) is 0. The largest absolute Gasteiger partial charge is 0.367 e. The third kappa shape index (κ3) is 3.30. The lowest BCUT2D eigenvalue weighted by Gasteiger charge is -2.12. The van der Waals surface area contributed by atoms with Crippen LogP contribution in [0.4, 0.5) is 5.82 Å². The van der Waals surface area contributed by atoms with Crippen molar-refractivity contribution in [2.75, 3.05) is 11.9 Å². The standard InChI is InChI=1S/C10H18N4/c1-3-4-9(11)7-14-10-8(2)12-5-6-13-10/h5-6,9H,3-4,7,11H2,1-2H3,(H,13,14). The summed E-state index contributed by atoms with van der Waals surface area (Å²) in [6.07, 6.45) is 5.52. The van der Waals surface area contributed by atoms with Gasteiger partial charge >= 0.3 is 0 Å². The number of nitrogens with two attached hydrogens (primary N) is 1. The molecule has 0 aliphatic heterocycles. The van der Waals surface area contributed by atoms with Crippen molar-refractivity contribution in [3.05, 3.63) is 18.1 Å². The zero-order valence-corrected chi connectivity index (χ0v) is 8.83. The number of rotatable bonds is 5. The molecule has 4 heteroatoms. The molecule has 1 rings (SSSR count). The molecule has 0 radical (unpaired) electrons. The van der Waals surface area contributed by atoms with E-state index in [1.54, 1.807) is 12.4 Å². The van der Waals surface area contributed by atoms with E-state index in [2.05, 4.69) is 22.2 Å². The maximum atomic E-state index is 5.87. The van der Waals surface area contributed by atoms with Gasteiger partial charge in [0.05, 0.1) is 5.69 Å². The van der Waals surface area contributed by atoms with Gasteiger partial charge in [0.2, 0.25) is 0 Å². The molecule has 3 N–H and O–H groups in total. The molecule has 0 saturated carbocycles. The second-order valence-electron chi connectivity index (χ2n) is 3.42. The molecule has 1 aromatic rings. The highest BCUT2D eigenvalue weighted by atomic mass is 15.0. The van der Waals surface area contributed by atoms with Gasteiger partial charge < -0.3 is 11.1 Å². The SMILES string of the molecule is CCCC(N)CNc1nccnc1C. The number of aryl methyl sites for hydroxylation is 1. The Balaban J connectivity index is 2.41. The molecule has 0 spiro atoms. The molecular weight excluding hydrogens is 176 g/mol. The molecule has 1 atom stereocenters. The predicted octanol–water partition coefficient (Wildman–Crippen LogP) is 1.32. The van der Waals surface area contributed by atoms with E-state index in [1.807, 2.05) is 6.92 Å². The monoisotopic (exact) mass is 194 g/mol. The minimum atomic E-state index is 0.196. The van der Waals surface area contributed by atoms with Crippen molar-refractivity contribution in [3.8, 4) is 0 Å². The number of nitrogens with zero attached hydrogens (tertiary/aromatic N) is 2. The Morgan fingerprint density at radius 2 is 2.14 bits per heavy atom. The van der Waals surface area contributed by atoms with E-state index in [0.717, 1.165) is 30.9 Å². The normalized spacial score (nSPS) is 12.5. The van der Waals surface area contributed by atoms with Crippen LogP contribution in [0.25, 0.3) is 0 Å². The summed E-state index contributed by atoms with van der Waals surface area (Å²) in [5, 5.41) is 3.20. The van der Waals surface area contributed by atoms with Crippen molar-refractivity contribution in [2.45, 2.75) is 32.7 Å². The average molecular weight is 194 g/mol. The van der Waals surface area contributed by atoms with Crippen molar-refractivity contribution < 1.29 is 0 Å². The van der Waals surface area contributed by atoms with Gasteiger partial charge in [-0.15, -0.1) is 0 Å². The topological polar surface area (TPSA) is 63.8 Å². The third-order valence-corrected chi connectivity index (χ3v) is 2.07. The van der Waals surface area contributed by atoms with Crippen molar-refractivity contribution in [3.63, 3.8) is 0 Å². The van der Waals surface area contributed by atoms with Crippen LogP contribution in [-0.2, 0) is 0 Å². The van der Waals surface area contributed by atoms with E-state index >= 15 is 0 Å². The highest BCUT2D eigenvalue weighted by Gasteiger charge is 2.03. The Bertz CT molecular complexity index is 275. The second-order valence-corrected chi connectivity index (χ2v) is 3.42. The molecule has 0 saturated heterocycles. The molecular formula is C10H18N4. The van der Waals surface area contributed by atoms with Gasteiger partial charge in [-0.3, -0.25) is 4.98 Å². The Labute approximate surface area is 85.0 Å². The first-order valence-electron chi connectivity index (χ1n) is 5.01. The number of nitrogens with one attached hydrogen (secondary N) is 1. The van der Waals surface area contributed by atoms with Gasteiger partial charge in [0.1, 0.15) is 5.82 Å². The van der Waals surface area contributed by atoms with E-state index in [1.165, 1.54) is 0 Å². The number of aromatic nitrogens is 2. The zero-order chi connectivity index (χ0) is 10.4. The molecule has 4 nitrogen and oxygen atoms in total. The van der Waals surface area contributed by atoms with Gasteiger partial charge in [-0.2, -0.15) is 0 Å². The molecule has 1 heterocycles. The first-order valence-corrected chi connectivity index (χ1v) is 5.01. The summed E-state index contributed by atoms with van der Waals surface area (Å²) in [4.78, 5) is 8.32. The van der Waals surface area contributed by atoms with Gasteiger partial charge in [0.15, 0.2) is 0 Å². The van der Waals surface area contributed by atoms with Gasteiger partial charge in [-0.25, -0.2) is 4.98 Å². The molecule has 0 amide bonds. The Kier molecular flexibility index (Phi) is 4.32. The van der Waals surface area contributed by atoms with Gasteiger partial charge in [0, 0.05) is 25.0 Å². The quantitative estimate of drug-likeness (QED) is 0.742. The first-order chi connectivity index (χ1) is 6.74. The zero-order valence-electron chi connectivity index (χ0n) is 8.83. The average Bonchev–Trinajstić information content (AvgIpc) is 2.17. The lowest BCUT2D eigenvalue weighted by Crippen LogP contribution is -2.29. The van der Waals surface area contributed by atoms with Crippen molar-refractivity contribution >= 4 is 5.82 Å². The predicted molar refractivity (Wildman–Crippen MR) is 58.1 cm³/mol. The van der Waals surface area contributed by atoms with Crippen LogP contribution in [0.3, 0.4) is 0 Å². The van der Waals surface area contributed by atoms with Crippen molar-refractivity contribution in [2.24, 2.45) is 5.73 Å². The van der Waals surface area contributed by atoms with Crippen LogP contribution in [0, 0.1) is 6.92 Å². The highest BCUT2D eigenvalue weighted by molar-refractivity contribution is 5.38. The van der Waals surface area contributed by atoms with E-state index in [9.17, 15) is 0 Å². The minimum absolute atomic E-state index is 0.196. The highest BCUT2D eigenvalue weighted by Crippen LogP contribution is 2.05. The molecule has 0 aliphatic rings. The van der Waals surface area contributed by atoms with Crippen LogP contribution in [0.15, 0.2) is 12.4 Å². The molecule has 0 fully saturated rings. The van der Waals surface area contributed by atoms with Gasteiger partial charge in [0.25, 0.3) is 0 Å². The minimum Gasteiger partial charge on any atom is -0.367 e. The summed E-state index contributed by atoms with van der Waals surface area (Å²) in [5.41, 5.74) is 6.78. The molecule has 0 aliphatic carbocycles.